The summed E-state index contributed by atoms with van der Waals surface area (Å²) in [6, 6.07) is 0. The van der Waals surface area contributed by atoms with E-state index >= 15 is 0 Å². The SMILES string of the molecule is Cn1c(S(=O)[O-])cnc1Cl.[Li+]. The number of aromatic nitrogens is 2. The van der Waals surface area contributed by atoms with Gasteiger partial charge in [0.05, 0.1) is 6.20 Å². The van der Waals surface area contributed by atoms with Gasteiger partial charge in [-0.2, -0.15) is 0 Å². The van der Waals surface area contributed by atoms with Crippen LogP contribution in [0.5, 0.6) is 0 Å². The molecule has 1 atom stereocenters. The Balaban J connectivity index is 0.000001000. The van der Waals surface area contributed by atoms with E-state index in [9.17, 15) is 8.76 Å². The number of halogens is 1. The summed E-state index contributed by atoms with van der Waals surface area (Å²) in [6.07, 6.45) is 1.20. The predicted molar refractivity (Wildman–Crippen MR) is 35.4 cm³/mol. The summed E-state index contributed by atoms with van der Waals surface area (Å²) in [7, 11) is 1.53. The Kier molecular flexibility index (Phi) is 4.37. The average Bonchev–Trinajstić information content (AvgIpc) is 2.14. The molecule has 11 heavy (non-hydrogen) atoms. The molecular weight excluding hydrogens is 183 g/mol. The van der Waals surface area contributed by atoms with Crippen LogP contribution in [0.3, 0.4) is 0 Å². The molecule has 1 heterocycles. The van der Waals surface area contributed by atoms with Gasteiger partial charge in [0.2, 0.25) is 5.28 Å². The van der Waals surface area contributed by atoms with E-state index < -0.39 is 11.1 Å². The molecule has 0 fully saturated rings. The topological polar surface area (TPSA) is 58.0 Å². The summed E-state index contributed by atoms with van der Waals surface area (Å²) in [4.78, 5) is 3.57. The molecule has 0 N–H and O–H groups in total. The van der Waals surface area contributed by atoms with Gasteiger partial charge in [-0.1, -0.05) is 0 Å². The molecule has 1 rings (SSSR count). The van der Waals surface area contributed by atoms with Crippen LogP contribution < -0.4 is 18.9 Å². The average molecular weight is 187 g/mol. The van der Waals surface area contributed by atoms with E-state index in [0.29, 0.717) is 0 Å². The van der Waals surface area contributed by atoms with Gasteiger partial charge in [-0.15, -0.1) is 0 Å². The van der Waals surface area contributed by atoms with Crippen molar-refractivity contribution in [2.45, 2.75) is 5.03 Å². The van der Waals surface area contributed by atoms with Crippen LogP contribution in [0, 0.1) is 0 Å². The molecule has 4 nitrogen and oxygen atoms in total. The van der Waals surface area contributed by atoms with Crippen LogP contribution in [0.1, 0.15) is 0 Å². The Morgan fingerprint density at radius 2 is 2.36 bits per heavy atom. The first-order valence-electron chi connectivity index (χ1n) is 2.39. The van der Waals surface area contributed by atoms with Crippen molar-refractivity contribution in [3.63, 3.8) is 0 Å². The monoisotopic (exact) mass is 186 g/mol. The zero-order valence-corrected chi connectivity index (χ0v) is 7.65. The molecule has 0 aliphatic rings. The third-order valence-electron chi connectivity index (χ3n) is 1.06. The summed E-state index contributed by atoms with van der Waals surface area (Å²) >= 11 is 3.20. The molecule has 0 radical (unpaired) electrons. The second-order valence-corrected chi connectivity index (χ2v) is 2.88. The van der Waals surface area contributed by atoms with Gasteiger partial charge in [0.15, 0.2) is 0 Å². The van der Waals surface area contributed by atoms with Crippen molar-refractivity contribution in [1.82, 2.24) is 9.55 Å². The zero-order valence-electron chi connectivity index (χ0n) is 6.07. The standard InChI is InChI=1S/C4H5ClN2O2S.Li/c1-7-3(10(8)9)2-6-4(7)5;/h2H,1H3,(H,8,9);/q;+1/p-1. The second kappa shape index (κ2) is 4.29. The Bertz CT molecular complexity index is 277. The maximum absolute atomic E-state index is 10.3. The van der Waals surface area contributed by atoms with Gasteiger partial charge in [-0.25, -0.2) is 4.98 Å². The molecule has 0 aliphatic carbocycles. The minimum Gasteiger partial charge on any atom is -0.767 e. The van der Waals surface area contributed by atoms with E-state index in [0.717, 1.165) is 0 Å². The summed E-state index contributed by atoms with van der Waals surface area (Å²) in [6.45, 7) is 0. The van der Waals surface area contributed by atoms with Gasteiger partial charge in [0.1, 0.15) is 5.03 Å². The Morgan fingerprint density at radius 3 is 2.55 bits per heavy atom. The van der Waals surface area contributed by atoms with Crippen molar-refractivity contribution in [2.24, 2.45) is 7.05 Å². The van der Waals surface area contributed by atoms with Crippen molar-refractivity contribution in [2.75, 3.05) is 0 Å². The quantitative estimate of drug-likeness (QED) is 0.355. The maximum Gasteiger partial charge on any atom is 1.00 e. The fourth-order valence-corrected chi connectivity index (χ4v) is 1.17. The Morgan fingerprint density at radius 1 is 1.82 bits per heavy atom. The van der Waals surface area contributed by atoms with Crippen LogP contribution in [-0.4, -0.2) is 18.3 Å². The van der Waals surface area contributed by atoms with E-state index in [1.54, 1.807) is 0 Å². The number of nitrogens with zero attached hydrogens (tertiary/aromatic N) is 2. The van der Waals surface area contributed by atoms with E-state index in [2.05, 4.69) is 4.98 Å². The van der Waals surface area contributed by atoms with E-state index in [-0.39, 0.29) is 29.2 Å². The van der Waals surface area contributed by atoms with Crippen LogP contribution in [0.2, 0.25) is 5.28 Å². The molecule has 0 aliphatic heterocycles. The van der Waals surface area contributed by atoms with Crippen LogP contribution in [-0.2, 0) is 18.1 Å². The summed E-state index contributed by atoms with van der Waals surface area (Å²) in [5.74, 6) is 0. The molecule has 0 saturated carbocycles. The third kappa shape index (κ3) is 2.32. The molecule has 0 aromatic carbocycles. The van der Waals surface area contributed by atoms with Gasteiger partial charge in [-0.3, -0.25) is 4.21 Å². The summed E-state index contributed by atoms with van der Waals surface area (Å²) in [5.41, 5.74) is 0. The minimum atomic E-state index is -2.25. The van der Waals surface area contributed by atoms with E-state index in [1.165, 1.54) is 17.8 Å². The number of rotatable bonds is 1. The largest absolute Gasteiger partial charge is 1.00 e. The van der Waals surface area contributed by atoms with Gasteiger partial charge >= 0.3 is 18.9 Å². The second-order valence-electron chi connectivity index (χ2n) is 1.66. The Labute approximate surface area is 83.4 Å². The molecule has 1 aromatic heterocycles. The van der Waals surface area contributed by atoms with E-state index in [4.69, 9.17) is 11.6 Å². The molecule has 1 aromatic rings. The number of hydrogen-bond donors (Lipinski definition) is 0. The molecular formula is C4H4ClLiN2O2S. The fourth-order valence-electron chi connectivity index (χ4n) is 0.527. The molecule has 1 unspecified atom stereocenters. The Hall–Kier alpha value is 0.207. The molecule has 56 valence electrons. The van der Waals surface area contributed by atoms with Crippen LogP contribution >= 0.6 is 11.6 Å². The van der Waals surface area contributed by atoms with Crippen LogP contribution in [0.4, 0.5) is 0 Å². The predicted octanol–water partition coefficient (Wildman–Crippen LogP) is -2.68. The third-order valence-corrected chi connectivity index (χ3v) is 2.13. The van der Waals surface area contributed by atoms with Crippen molar-refractivity contribution in [3.05, 3.63) is 11.5 Å². The normalized spacial score (nSPS) is 12.3. The van der Waals surface area contributed by atoms with E-state index in [1.807, 2.05) is 0 Å². The number of hydrogen-bond acceptors (Lipinski definition) is 3. The minimum absolute atomic E-state index is 0. The summed E-state index contributed by atoms with van der Waals surface area (Å²) < 4.78 is 21.9. The van der Waals surface area contributed by atoms with Gasteiger partial charge in [0, 0.05) is 7.05 Å². The fraction of sp³-hybridized carbons (Fsp3) is 0.250. The molecule has 0 saturated heterocycles. The maximum atomic E-state index is 10.3. The molecule has 0 amide bonds. The number of imidazole rings is 1. The molecule has 7 heteroatoms. The van der Waals surface area contributed by atoms with Crippen LogP contribution in [0.25, 0.3) is 0 Å². The molecule has 0 spiro atoms. The summed E-state index contributed by atoms with van der Waals surface area (Å²) in [5, 5.41) is 0.254. The smallest absolute Gasteiger partial charge is 0.767 e. The first-order valence-corrected chi connectivity index (χ1v) is 3.84. The van der Waals surface area contributed by atoms with Crippen molar-refractivity contribution >= 4 is 22.7 Å². The van der Waals surface area contributed by atoms with Crippen molar-refractivity contribution in [3.8, 4) is 0 Å². The zero-order chi connectivity index (χ0) is 7.72. The molecule has 0 bridgehead atoms. The first-order chi connectivity index (χ1) is 4.63. The first kappa shape index (κ1) is 11.2. The van der Waals surface area contributed by atoms with Gasteiger partial charge < -0.3 is 9.12 Å². The van der Waals surface area contributed by atoms with Gasteiger partial charge in [-0.05, 0) is 22.7 Å². The van der Waals surface area contributed by atoms with Crippen molar-refractivity contribution in [1.29, 1.82) is 0 Å². The van der Waals surface area contributed by atoms with Crippen molar-refractivity contribution < 1.29 is 27.6 Å². The van der Waals surface area contributed by atoms with Crippen LogP contribution in [0.15, 0.2) is 11.2 Å². The van der Waals surface area contributed by atoms with Gasteiger partial charge in [0.25, 0.3) is 0 Å².